The van der Waals surface area contributed by atoms with Crippen molar-refractivity contribution in [3.63, 3.8) is 0 Å². The summed E-state index contributed by atoms with van der Waals surface area (Å²) in [6, 6.07) is 51.6. The Balaban J connectivity index is 1.32. The van der Waals surface area contributed by atoms with E-state index in [1.165, 1.54) is 21.8 Å². The fraction of sp³-hybridized carbons (Fsp3) is 0. The van der Waals surface area contributed by atoms with Gasteiger partial charge in [-0.1, -0.05) is 72.8 Å². The Morgan fingerprint density at radius 2 is 0.889 bits per heavy atom. The maximum atomic E-state index is 5.37. The highest BCUT2D eigenvalue weighted by Gasteiger charge is 2.21. The third-order valence-electron chi connectivity index (χ3n) is 9.06. The number of benzene rings is 5. The van der Waals surface area contributed by atoms with Gasteiger partial charge in [-0.3, -0.25) is 4.98 Å². The summed E-state index contributed by atoms with van der Waals surface area (Å²) in [5.74, 6) is 0. The van der Waals surface area contributed by atoms with Crippen LogP contribution in [0.15, 0.2) is 152 Å². The molecule has 0 fully saturated rings. The molecule has 0 saturated heterocycles. The molecule has 210 valence electrons. The van der Waals surface area contributed by atoms with Crippen LogP contribution < -0.4 is 0 Å². The molecule has 5 aromatic heterocycles. The molecule has 5 aromatic carbocycles. The zero-order valence-electron chi connectivity index (χ0n) is 24.2. The van der Waals surface area contributed by atoms with Gasteiger partial charge >= 0.3 is 0 Å². The topological polar surface area (TPSA) is 40.6 Å². The van der Waals surface area contributed by atoms with Crippen molar-refractivity contribution in [2.24, 2.45) is 0 Å². The van der Waals surface area contributed by atoms with Crippen LogP contribution in [0, 0.1) is 0 Å². The summed E-state index contributed by atoms with van der Waals surface area (Å²) < 4.78 is 7.00. The smallest absolute Gasteiger partial charge is 0.116 e. The van der Waals surface area contributed by atoms with E-state index in [9.17, 15) is 0 Å². The molecule has 0 unspecified atom stereocenters. The van der Waals surface area contributed by atoms with Gasteiger partial charge in [-0.05, 0) is 72.8 Å². The van der Waals surface area contributed by atoms with E-state index in [1.807, 2.05) is 12.3 Å². The Labute approximate surface area is 257 Å². The second-order valence-corrected chi connectivity index (χ2v) is 11.5. The molecular formula is C40H25N5. The predicted octanol–water partition coefficient (Wildman–Crippen LogP) is 9.77. The molecule has 5 nitrogen and oxygen atoms in total. The first-order valence-corrected chi connectivity index (χ1v) is 15.2. The van der Waals surface area contributed by atoms with Gasteiger partial charge < -0.3 is 13.7 Å². The molecule has 10 rings (SSSR count). The van der Waals surface area contributed by atoms with Crippen molar-refractivity contribution < 1.29 is 0 Å². The minimum Gasteiger partial charge on any atom is -0.309 e. The summed E-state index contributed by atoms with van der Waals surface area (Å²) in [6.07, 6.45) is 1.86. The SMILES string of the molecule is c1ccc(-n2c3ccccc3c3cc(-n4c5cccnc5c5nc6c7ccccc7n(-c7ccccc7)c6cc54)ccc32)cc1. The fourth-order valence-corrected chi connectivity index (χ4v) is 7.18. The molecule has 5 heterocycles. The van der Waals surface area contributed by atoms with Crippen LogP contribution in [0.1, 0.15) is 0 Å². The predicted molar refractivity (Wildman–Crippen MR) is 185 cm³/mol. The second-order valence-electron chi connectivity index (χ2n) is 11.5. The number of fused-ring (bicyclic) bond motifs is 9. The van der Waals surface area contributed by atoms with E-state index < -0.39 is 0 Å². The molecule has 0 aliphatic heterocycles. The third kappa shape index (κ3) is 3.38. The van der Waals surface area contributed by atoms with E-state index in [-0.39, 0.29) is 0 Å². The lowest BCUT2D eigenvalue weighted by Gasteiger charge is -2.11. The zero-order valence-corrected chi connectivity index (χ0v) is 24.2. The van der Waals surface area contributed by atoms with E-state index in [2.05, 4.69) is 153 Å². The number of aromatic nitrogens is 5. The highest BCUT2D eigenvalue weighted by atomic mass is 15.1. The minimum absolute atomic E-state index is 0.901. The highest BCUT2D eigenvalue weighted by Crippen LogP contribution is 2.39. The van der Waals surface area contributed by atoms with Crippen LogP contribution in [0.2, 0.25) is 0 Å². The number of pyridine rings is 2. The minimum atomic E-state index is 0.901. The lowest BCUT2D eigenvalue weighted by atomic mass is 10.1. The molecule has 0 saturated carbocycles. The molecule has 5 heteroatoms. The summed E-state index contributed by atoms with van der Waals surface area (Å²) in [5.41, 5.74) is 12.8. The number of hydrogen-bond acceptors (Lipinski definition) is 2. The van der Waals surface area contributed by atoms with Gasteiger partial charge in [0, 0.05) is 39.4 Å². The fourth-order valence-electron chi connectivity index (χ4n) is 7.18. The zero-order chi connectivity index (χ0) is 29.5. The van der Waals surface area contributed by atoms with Crippen molar-refractivity contribution in [3.05, 3.63) is 152 Å². The molecule has 0 aliphatic rings. The molecule has 0 aliphatic carbocycles. The van der Waals surface area contributed by atoms with Crippen molar-refractivity contribution in [1.82, 2.24) is 23.7 Å². The number of para-hydroxylation sites is 4. The highest BCUT2D eigenvalue weighted by molar-refractivity contribution is 6.15. The van der Waals surface area contributed by atoms with Crippen molar-refractivity contribution >= 4 is 65.8 Å². The Morgan fingerprint density at radius 1 is 0.333 bits per heavy atom. The Bertz CT molecular complexity index is 2750. The molecule has 10 aromatic rings. The summed E-state index contributed by atoms with van der Waals surface area (Å²) >= 11 is 0. The van der Waals surface area contributed by atoms with Gasteiger partial charge in [-0.15, -0.1) is 0 Å². The first kappa shape index (κ1) is 24.3. The van der Waals surface area contributed by atoms with Crippen LogP contribution in [0.3, 0.4) is 0 Å². The molecule has 0 N–H and O–H groups in total. The number of nitrogens with zero attached hydrogens (tertiary/aromatic N) is 5. The van der Waals surface area contributed by atoms with Gasteiger partial charge in [-0.2, -0.15) is 0 Å². The summed E-state index contributed by atoms with van der Waals surface area (Å²) in [7, 11) is 0. The van der Waals surface area contributed by atoms with Gasteiger partial charge in [0.15, 0.2) is 0 Å². The maximum absolute atomic E-state index is 5.37. The van der Waals surface area contributed by atoms with Crippen molar-refractivity contribution in [1.29, 1.82) is 0 Å². The molecule has 0 atom stereocenters. The number of rotatable bonds is 3. The van der Waals surface area contributed by atoms with Crippen LogP contribution in [0.4, 0.5) is 0 Å². The van der Waals surface area contributed by atoms with Crippen molar-refractivity contribution in [2.75, 3.05) is 0 Å². The third-order valence-corrected chi connectivity index (χ3v) is 9.06. The number of hydrogen-bond donors (Lipinski definition) is 0. The summed E-state index contributed by atoms with van der Waals surface area (Å²) in [4.78, 5) is 10.2. The molecule has 0 amide bonds. The van der Waals surface area contributed by atoms with Crippen LogP contribution in [-0.2, 0) is 0 Å². The molecule has 45 heavy (non-hydrogen) atoms. The van der Waals surface area contributed by atoms with E-state index in [0.717, 1.165) is 61.1 Å². The van der Waals surface area contributed by atoms with Gasteiger partial charge in [0.25, 0.3) is 0 Å². The van der Waals surface area contributed by atoms with Gasteiger partial charge in [0.1, 0.15) is 11.0 Å². The van der Waals surface area contributed by atoms with Crippen LogP contribution >= 0.6 is 0 Å². The lowest BCUT2D eigenvalue weighted by Crippen LogP contribution is -1.97. The Kier molecular flexibility index (Phi) is 4.93. The van der Waals surface area contributed by atoms with Gasteiger partial charge in [0.2, 0.25) is 0 Å². The second kappa shape index (κ2) is 9.15. The normalized spacial score (nSPS) is 12.0. The first-order valence-electron chi connectivity index (χ1n) is 15.2. The van der Waals surface area contributed by atoms with Gasteiger partial charge in [0.05, 0.1) is 38.6 Å². The van der Waals surface area contributed by atoms with E-state index in [4.69, 9.17) is 9.97 Å². The van der Waals surface area contributed by atoms with Gasteiger partial charge in [-0.25, -0.2) is 4.98 Å². The average molecular weight is 576 g/mol. The standard InChI is InChI=1S/C40H25N5/c1-3-12-26(13-4-1)43-32-18-9-7-16-29(32)31-24-28(21-22-34(31)43)45-35-20-11-23-41-39(35)40-37(45)25-36-38(42-40)30-17-8-10-19-33(30)44(36)27-14-5-2-6-15-27/h1-25H. The molecule has 0 radical (unpaired) electrons. The maximum Gasteiger partial charge on any atom is 0.116 e. The molecular weight excluding hydrogens is 550 g/mol. The molecule has 0 bridgehead atoms. The largest absolute Gasteiger partial charge is 0.309 e. The Morgan fingerprint density at radius 3 is 1.64 bits per heavy atom. The monoisotopic (exact) mass is 575 g/mol. The van der Waals surface area contributed by atoms with Crippen LogP contribution in [0.5, 0.6) is 0 Å². The first-order chi connectivity index (χ1) is 22.3. The molecule has 0 spiro atoms. The van der Waals surface area contributed by atoms with Crippen LogP contribution in [-0.4, -0.2) is 23.7 Å². The summed E-state index contributed by atoms with van der Waals surface area (Å²) in [6.45, 7) is 0. The van der Waals surface area contributed by atoms with Crippen molar-refractivity contribution in [2.45, 2.75) is 0 Å². The van der Waals surface area contributed by atoms with Crippen LogP contribution in [0.25, 0.3) is 82.9 Å². The summed E-state index contributed by atoms with van der Waals surface area (Å²) in [5, 5.41) is 3.56. The van der Waals surface area contributed by atoms with E-state index in [1.54, 1.807) is 0 Å². The lowest BCUT2D eigenvalue weighted by molar-refractivity contribution is 1.15. The van der Waals surface area contributed by atoms with E-state index in [0.29, 0.717) is 0 Å². The quantitative estimate of drug-likeness (QED) is 0.210. The van der Waals surface area contributed by atoms with Crippen molar-refractivity contribution in [3.8, 4) is 17.1 Å². The Hall–Kier alpha value is -6.20. The average Bonchev–Trinajstić information content (AvgIpc) is 3.73. The van der Waals surface area contributed by atoms with E-state index >= 15 is 0 Å².